The zero-order chi connectivity index (χ0) is 17.6. The van der Waals surface area contributed by atoms with Crippen LogP contribution in [0.5, 0.6) is 0 Å². The third-order valence-electron chi connectivity index (χ3n) is 4.99. The van der Waals surface area contributed by atoms with E-state index in [2.05, 4.69) is 10.2 Å². The Morgan fingerprint density at radius 2 is 1.76 bits per heavy atom. The summed E-state index contributed by atoms with van der Waals surface area (Å²) >= 11 is 0. The number of nitrogens with one attached hydrogen (secondary N) is 1. The quantitative estimate of drug-likeness (QED) is 0.880. The van der Waals surface area contributed by atoms with Crippen molar-refractivity contribution in [2.45, 2.75) is 12.8 Å². The number of piperazine rings is 1. The van der Waals surface area contributed by atoms with Crippen LogP contribution in [0.4, 0.5) is 15.3 Å². The number of nitrogens with zero attached hydrogens (tertiary/aromatic N) is 3. The maximum absolute atomic E-state index is 12.3. The molecule has 2 N–H and O–H groups in total. The van der Waals surface area contributed by atoms with Crippen LogP contribution in [0.1, 0.15) is 12.8 Å². The van der Waals surface area contributed by atoms with Crippen LogP contribution in [-0.4, -0.2) is 77.7 Å². The van der Waals surface area contributed by atoms with Crippen LogP contribution >= 0.6 is 0 Å². The van der Waals surface area contributed by atoms with Gasteiger partial charge in [-0.15, -0.1) is 0 Å². The summed E-state index contributed by atoms with van der Waals surface area (Å²) in [6.45, 7) is 5.28. The highest BCUT2D eigenvalue weighted by atomic mass is 16.4. The molecule has 1 atom stereocenters. The summed E-state index contributed by atoms with van der Waals surface area (Å²) in [6.07, 6.45) is 1.21. The fourth-order valence-corrected chi connectivity index (χ4v) is 3.61. The number of rotatable bonds is 3. The first-order valence-corrected chi connectivity index (χ1v) is 8.93. The summed E-state index contributed by atoms with van der Waals surface area (Å²) in [7, 11) is 0. The summed E-state index contributed by atoms with van der Waals surface area (Å²) in [5.74, 6) is 0.398. The Morgan fingerprint density at radius 3 is 2.44 bits per heavy atom. The van der Waals surface area contributed by atoms with Gasteiger partial charge in [0.2, 0.25) is 0 Å². The number of anilines is 1. The maximum Gasteiger partial charge on any atom is 0.407 e. The molecule has 7 nitrogen and oxygen atoms in total. The lowest BCUT2D eigenvalue weighted by Crippen LogP contribution is -2.52. The molecule has 136 valence electrons. The first kappa shape index (κ1) is 17.5. The van der Waals surface area contributed by atoms with Crippen molar-refractivity contribution in [2.24, 2.45) is 5.92 Å². The molecule has 0 unspecified atom stereocenters. The molecular weight excluding hydrogens is 320 g/mol. The zero-order valence-corrected chi connectivity index (χ0v) is 14.4. The van der Waals surface area contributed by atoms with Crippen LogP contribution in [0, 0.1) is 5.92 Å². The summed E-state index contributed by atoms with van der Waals surface area (Å²) in [6, 6.07) is 9.43. The Balaban J connectivity index is 1.42. The minimum absolute atomic E-state index is 0.0550. The normalized spacial score (nSPS) is 21.8. The Hall–Kier alpha value is -2.28. The number of likely N-dealkylation sites (tertiary alicyclic amines) is 1. The predicted octanol–water partition coefficient (Wildman–Crippen LogP) is 2.23. The Kier molecular flexibility index (Phi) is 5.75. The number of benzene rings is 1. The van der Waals surface area contributed by atoms with Gasteiger partial charge in [0.15, 0.2) is 0 Å². The molecule has 2 heterocycles. The van der Waals surface area contributed by atoms with Gasteiger partial charge in [-0.25, -0.2) is 9.59 Å². The minimum atomic E-state index is -0.813. The zero-order valence-electron chi connectivity index (χ0n) is 14.4. The molecule has 3 amide bonds. The molecule has 1 aromatic rings. The second-order valence-corrected chi connectivity index (χ2v) is 6.82. The van der Waals surface area contributed by atoms with E-state index in [1.54, 1.807) is 0 Å². The molecule has 0 spiro atoms. The van der Waals surface area contributed by atoms with Crippen molar-refractivity contribution in [1.82, 2.24) is 14.7 Å². The van der Waals surface area contributed by atoms with Crippen LogP contribution in [0.25, 0.3) is 0 Å². The molecule has 0 aliphatic carbocycles. The monoisotopic (exact) mass is 346 g/mol. The highest BCUT2D eigenvalue weighted by Crippen LogP contribution is 2.19. The first-order chi connectivity index (χ1) is 12.1. The summed E-state index contributed by atoms with van der Waals surface area (Å²) in [5.41, 5.74) is 0.811. The van der Waals surface area contributed by atoms with E-state index in [0.717, 1.165) is 38.2 Å². The van der Waals surface area contributed by atoms with Gasteiger partial charge in [0.25, 0.3) is 0 Å². The average Bonchev–Trinajstić information content (AvgIpc) is 2.63. The smallest absolute Gasteiger partial charge is 0.407 e. The van der Waals surface area contributed by atoms with E-state index in [9.17, 15) is 9.59 Å². The van der Waals surface area contributed by atoms with Crippen molar-refractivity contribution in [3.05, 3.63) is 30.3 Å². The van der Waals surface area contributed by atoms with Gasteiger partial charge in [0, 0.05) is 51.5 Å². The summed E-state index contributed by atoms with van der Waals surface area (Å²) in [5, 5.41) is 12.1. The average molecular weight is 346 g/mol. The molecule has 7 heteroatoms. The standard InChI is InChI=1S/C18H26N4O3/c23-17(19-16-6-2-1-3-7-16)21-11-9-20(10-12-21)13-15-5-4-8-22(14-15)18(24)25/h1-3,6-7,15H,4-5,8-14H2,(H,19,23)(H,24,25)/t15-/m0/s1. The summed E-state index contributed by atoms with van der Waals surface area (Å²) < 4.78 is 0. The number of carbonyl (C=O) groups excluding carboxylic acids is 1. The molecule has 0 bridgehead atoms. The SMILES string of the molecule is O=C(O)N1CCC[C@@H](CN2CCN(C(=O)Nc3ccccc3)CC2)C1. The van der Waals surface area contributed by atoms with Crippen molar-refractivity contribution in [2.75, 3.05) is 51.1 Å². The van der Waals surface area contributed by atoms with Gasteiger partial charge in [-0.3, -0.25) is 4.90 Å². The molecule has 2 fully saturated rings. The number of hydrogen-bond donors (Lipinski definition) is 2. The van der Waals surface area contributed by atoms with Crippen LogP contribution in [0.2, 0.25) is 0 Å². The Labute approximate surface area is 148 Å². The topological polar surface area (TPSA) is 76.1 Å². The predicted molar refractivity (Wildman–Crippen MR) is 95.8 cm³/mol. The third-order valence-corrected chi connectivity index (χ3v) is 4.99. The Morgan fingerprint density at radius 1 is 1.04 bits per heavy atom. The molecule has 2 aliphatic heterocycles. The number of hydrogen-bond acceptors (Lipinski definition) is 3. The summed E-state index contributed by atoms with van der Waals surface area (Å²) in [4.78, 5) is 29.1. The second-order valence-electron chi connectivity index (χ2n) is 6.82. The molecule has 2 aliphatic rings. The van der Waals surface area contributed by atoms with Crippen molar-refractivity contribution in [3.63, 3.8) is 0 Å². The number of urea groups is 1. The molecule has 0 radical (unpaired) electrons. The molecule has 1 aromatic carbocycles. The first-order valence-electron chi connectivity index (χ1n) is 8.93. The van der Waals surface area contributed by atoms with Crippen molar-refractivity contribution >= 4 is 17.8 Å². The van der Waals surface area contributed by atoms with E-state index in [-0.39, 0.29) is 6.03 Å². The van der Waals surface area contributed by atoms with Gasteiger partial charge in [0.1, 0.15) is 0 Å². The van der Waals surface area contributed by atoms with Crippen LogP contribution < -0.4 is 5.32 Å². The van der Waals surface area contributed by atoms with E-state index in [4.69, 9.17) is 5.11 Å². The van der Waals surface area contributed by atoms with E-state index in [0.29, 0.717) is 32.1 Å². The van der Waals surface area contributed by atoms with Gasteiger partial charge in [0.05, 0.1) is 0 Å². The number of piperidine rings is 1. The highest BCUT2D eigenvalue weighted by molar-refractivity contribution is 5.89. The Bertz CT molecular complexity index is 587. The van der Waals surface area contributed by atoms with Crippen LogP contribution in [0.15, 0.2) is 30.3 Å². The van der Waals surface area contributed by atoms with Gasteiger partial charge in [-0.2, -0.15) is 0 Å². The van der Waals surface area contributed by atoms with Crippen LogP contribution in [-0.2, 0) is 0 Å². The van der Waals surface area contributed by atoms with E-state index >= 15 is 0 Å². The molecule has 3 rings (SSSR count). The van der Waals surface area contributed by atoms with Crippen molar-refractivity contribution in [3.8, 4) is 0 Å². The largest absolute Gasteiger partial charge is 0.465 e. The highest BCUT2D eigenvalue weighted by Gasteiger charge is 2.27. The maximum atomic E-state index is 12.3. The number of carbonyl (C=O) groups is 2. The van der Waals surface area contributed by atoms with Gasteiger partial charge in [-0.05, 0) is 30.9 Å². The molecule has 0 saturated carbocycles. The fraction of sp³-hybridized carbons (Fsp3) is 0.556. The molecule has 25 heavy (non-hydrogen) atoms. The fourth-order valence-electron chi connectivity index (χ4n) is 3.61. The van der Waals surface area contributed by atoms with Crippen molar-refractivity contribution < 1.29 is 14.7 Å². The lowest BCUT2D eigenvalue weighted by molar-refractivity contribution is 0.0915. The number of carboxylic acid groups (broad SMARTS) is 1. The third kappa shape index (κ3) is 4.85. The van der Waals surface area contributed by atoms with E-state index in [1.807, 2.05) is 35.2 Å². The number of amides is 3. The van der Waals surface area contributed by atoms with Gasteiger partial charge < -0.3 is 20.2 Å². The lowest BCUT2D eigenvalue weighted by atomic mass is 9.97. The second kappa shape index (κ2) is 8.20. The lowest BCUT2D eigenvalue weighted by Gasteiger charge is -2.38. The molecule has 0 aromatic heterocycles. The van der Waals surface area contributed by atoms with E-state index in [1.165, 1.54) is 4.90 Å². The minimum Gasteiger partial charge on any atom is -0.465 e. The number of para-hydroxylation sites is 1. The van der Waals surface area contributed by atoms with E-state index < -0.39 is 6.09 Å². The van der Waals surface area contributed by atoms with Crippen LogP contribution in [0.3, 0.4) is 0 Å². The molecule has 2 saturated heterocycles. The van der Waals surface area contributed by atoms with Gasteiger partial charge in [-0.1, -0.05) is 18.2 Å². The van der Waals surface area contributed by atoms with Crippen molar-refractivity contribution in [1.29, 1.82) is 0 Å². The molecular formula is C18H26N4O3. The van der Waals surface area contributed by atoms with Gasteiger partial charge >= 0.3 is 12.1 Å².